The van der Waals surface area contributed by atoms with Gasteiger partial charge in [0.05, 0.1) is 0 Å². The van der Waals surface area contributed by atoms with Gasteiger partial charge < -0.3 is 10.6 Å². The van der Waals surface area contributed by atoms with Crippen LogP contribution < -0.4 is 5.73 Å². The molecule has 0 atom stereocenters. The topological polar surface area (TPSA) is 49.6 Å². The van der Waals surface area contributed by atoms with Gasteiger partial charge in [-0.15, -0.1) is 0 Å². The summed E-state index contributed by atoms with van der Waals surface area (Å²) in [5.74, 6) is 0.175. The number of rotatable bonds is 6. The molecule has 0 spiro atoms. The van der Waals surface area contributed by atoms with Crippen LogP contribution in [-0.4, -0.2) is 48.3 Å². The van der Waals surface area contributed by atoms with Gasteiger partial charge in [-0.25, -0.2) is 0 Å². The average molecular weight is 323 g/mol. The molecule has 0 aliphatic carbocycles. The average Bonchev–Trinajstić information content (AvgIpc) is 2.62. The fourth-order valence-electron chi connectivity index (χ4n) is 3.13. The largest absolute Gasteiger partial charge is 0.399 e. The van der Waals surface area contributed by atoms with Gasteiger partial charge in [-0.05, 0) is 17.7 Å². The molecule has 2 aromatic rings. The highest BCUT2D eigenvalue weighted by Crippen LogP contribution is 2.11. The Morgan fingerprint density at radius 2 is 1.62 bits per heavy atom. The van der Waals surface area contributed by atoms with E-state index in [2.05, 4.69) is 40.1 Å². The van der Waals surface area contributed by atoms with Crippen LogP contribution >= 0.6 is 0 Å². The van der Waals surface area contributed by atoms with E-state index in [1.807, 2.05) is 18.2 Å². The number of benzene rings is 2. The van der Waals surface area contributed by atoms with Gasteiger partial charge in [-0.3, -0.25) is 9.69 Å². The summed E-state index contributed by atoms with van der Waals surface area (Å²) in [5.41, 5.74) is 8.48. The van der Waals surface area contributed by atoms with Crippen molar-refractivity contribution in [3.63, 3.8) is 0 Å². The Kier molecular flexibility index (Phi) is 5.62. The summed E-state index contributed by atoms with van der Waals surface area (Å²) in [4.78, 5) is 17.1. The molecule has 126 valence electrons. The fourth-order valence-corrected chi connectivity index (χ4v) is 3.13. The van der Waals surface area contributed by atoms with E-state index in [1.165, 1.54) is 5.56 Å². The SMILES string of the molecule is Nc1cccc(C(=O)CCN2CCN(Cc3ccccc3)CC2)c1. The molecule has 4 heteroatoms. The summed E-state index contributed by atoms with van der Waals surface area (Å²) in [6, 6.07) is 17.8. The number of hydrogen-bond acceptors (Lipinski definition) is 4. The van der Waals surface area contributed by atoms with E-state index in [0.29, 0.717) is 12.1 Å². The van der Waals surface area contributed by atoms with E-state index in [9.17, 15) is 4.79 Å². The van der Waals surface area contributed by atoms with Crippen molar-refractivity contribution in [2.24, 2.45) is 0 Å². The van der Waals surface area contributed by atoms with Crippen LogP contribution in [0, 0.1) is 0 Å². The molecule has 0 aromatic heterocycles. The van der Waals surface area contributed by atoms with E-state index >= 15 is 0 Å². The van der Waals surface area contributed by atoms with Crippen LogP contribution in [0.3, 0.4) is 0 Å². The standard InChI is InChI=1S/C20H25N3O/c21-19-8-4-7-18(15-19)20(24)9-10-22-11-13-23(14-12-22)16-17-5-2-1-3-6-17/h1-8,15H,9-14,16,21H2. The Bertz CT molecular complexity index is 664. The lowest BCUT2D eigenvalue weighted by molar-refractivity contribution is 0.0923. The second-order valence-corrected chi connectivity index (χ2v) is 6.40. The summed E-state index contributed by atoms with van der Waals surface area (Å²) in [7, 11) is 0. The molecule has 4 nitrogen and oxygen atoms in total. The predicted molar refractivity (Wildman–Crippen MR) is 98.0 cm³/mol. The smallest absolute Gasteiger partial charge is 0.164 e. The maximum Gasteiger partial charge on any atom is 0.164 e. The third-order valence-electron chi connectivity index (χ3n) is 4.58. The molecule has 1 aliphatic heterocycles. The van der Waals surface area contributed by atoms with Crippen LogP contribution in [0.2, 0.25) is 0 Å². The molecular weight excluding hydrogens is 298 g/mol. The van der Waals surface area contributed by atoms with Crippen LogP contribution in [0.15, 0.2) is 54.6 Å². The quantitative estimate of drug-likeness (QED) is 0.656. The Morgan fingerprint density at radius 3 is 2.33 bits per heavy atom. The summed E-state index contributed by atoms with van der Waals surface area (Å²) in [6.07, 6.45) is 0.558. The molecule has 24 heavy (non-hydrogen) atoms. The number of hydrogen-bond donors (Lipinski definition) is 1. The van der Waals surface area contributed by atoms with Crippen molar-refractivity contribution in [3.8, 4) is 0 Å². The molecule has 2 N–H and O–H groups in total. The zero-order valence-electron chi connectivity index (χ0n) is 14.0. The van der Waals surface area contributed by atoms with Crippen molar-refractivity contribution in [1.29, 1.82) is 0 Å². The maximum absolute atomic E-state index is 12.3. The summed E-state index contributed by atoms with van der Waals surface area (Å²) < 4.78 is 0. The monoisotopic (exact) mass is 323 g/mol. The van der Waals surface area contributed by atoms with Crippen LogP contribution in [0.1, 0.15) is 22.3 Å². The summed E-state index contributed by atoms with van der Waals surface area (Å²) in [5, 5.41) is 0. The molecule has 0 unspecified atom stereocenters. The molecule has 1 fully saturated rings. The van der Waals surface area contributed by atoms with E-state index in [1.54, 1.807) is 6.07 Å². The zero-order chi connectivity index (χ0) is 16.8. The number of nitrogens with zero attached hydrogens (tertiary/aromatic N) is 2. The minimum absolute atomic E-state index is 0.175. The molecule has 2 aromatic carbocycles. The zero-order valence-corrected chi connectivity index (χ0v) is 14.0. The minimum Gasteiger partial charge on any atom is -0.399 e. The number of carbonyl (C=O) groups excluding carboxylic acids is 1. The van der Waals surface area contributed by atoms with Crippen LogP contribution in [0.25, 0.3) is 0 Å². The number of ketones is 1. The van der Waals surface area contributed by atoms with Gasteiger partial charge in [0.2, 0.25) is 0 Å². The van der Waals surface area contributed by atoms with Gasteiger partial charge in [0.1, 0.15) is 0 Å². The van der Waals surface area contributed by atoms with Gasteiger partial charge in [-0.1, -0.05) is 42.5 Å². The lowest BCUT2D eigenvalue weighted by Crippen LogP contribution is -2.46. The summed E-state index contributed by atoms with van der Waals surface area (Å²) >= 11 is 0. The Labute approximate surface area is 143 Å². The van der Waals surface area contributed by atoms with Crippen molar-refractivity contribution in [2.45, 2.75) is 13.0 Å². The molecule has 0 amide bonds. The fraction of sp³-hybridized carbons (Fsp3) is 0.350. The molecule has 1 saturated heterocycles. The number of piperazine rings is 1. The summed E-state index contributed by atoms with van der Waals surface area (Å²) in [6.45, 7) is 6.00. The van der Waals surface area contributed by atoms with Gasteiger partial charge in [0.25, 0.3) is 0 Å². The number of nitrogens with two attached hydrogens (primary N) is 1. The second-order valence-electron chi connectivity index (χ2n) is 6.40. The first-order chi connectivity index (χ1) is 11.7. The Balaban J connectivity index is 1.42. The van der Waals surface area contributed by atoms with E-state index in [0.717, 1.165) is 44.8 Å². The number of carbonyl (C=O) groups is 1. The van der Waals surface area contributed by atoms with Crippen LogP contribution in [0.5, 0.6) is 0 Å². The number of nitrogen functional groups attached to an aromatic ring is 1. The Hall–Kier alpha value is -2.17. The van der Waals surface area contributed by atoms with Gasteiger partial charge in [0, 0.05) is 56.9 Å². The molecule has 0 bridgehead atoms. The normalized spacial score (nSPS) is 16.2. The first-order valence-corrected chi connectivity index (χ1v) is 8.58. The van der Waals surface area contributed by atoms with Crippen molar-refractivity contribution in [2.75, 3.05) is 38.5 Å². The Morgan fingerprint density at radius 1 is 0.917 bits per heavy atom. The molecule has 1 heterocycles. The lowest BCUT2D eigenvalue weighted by Gasteiger charge is -2.34. The van der Waals surface area contributed by atoms with Crippen LogP contribution in [0.4, 0.5) is 5.69 Å². The molecular formula is C20H25N3O. The number of anilines is 1. The first-order valence-electron chi connectivity index (χ1n) is 8.58. The molecule has 1 aliphatic rings. The third kappa shape index (κ3) is 4.66. The van der Waals surface area contributed by atoms with Crippen molar-refractivity contribution < 1.29 is 4.79 Å². The van der Waals surface area contributed by atoms with Gasteiger partial charge in [-0.2, -0.15) is 0 Å². The van der Waals surface area contributed by atoms with Crippen molar-refractivity contribution in [1.82, 2.24) is 9.80 Å². The van der Waals surface area contributed by atoms with E-state index in [4.69, 9.17) is 5.73 Å². The number of Topliss-reactive ketones (excluding diaryl/α,β-unsaturated/α-hetero) is 1. The highest BCUT2D eigenvalue weighted by atomic mass is 16.1. The lowest BCUT2D eigenvalue weighted by atomic mass is 10.1. The minimum atomic E-state index is 0.175. The first kappa shape index (κ1) is 16.7. The molecule has 0 saturated carbocycles. The highest BCUT2D eigenvalue weighted by Gasteiger charge is 2.17. The predicted octanol–water partition coefficient (Wildman–Crippen LogP) is 2.66. The molecule has 0 radical (unpaired) electrons. The van der Waals surface area contributed by atoms with Crippen LogP contribution in [-0.2, 0) is 6.54 Å². The van der Waals surface area contributed by atoms with Crippen molar-refractivity contribution in [3.05, 3.63) is 65.7 Å². The van der Waals surface area contributed by atoms with E-state index < -0.39 is 0 Å². The maximum atomic E-state index is 12.3. The van der Waals surface area contributed by atoms with Gasteiger partial charge in [0.15, 0.2) is 5.78 Å². The second kappa shape index (κ2) is 8.08. The van der Waals surface area contributed by atoms with Gasteiger partial charge >= 0.3 is 0 Å². The highest BCUT2D eigenvalue weighted by molar-refractivity contribution is 5.96. The third-order valence-corrected chi connectivity index (χ3v) is 4.58. The van der Waals surface area contributed by atoms with Crippen molar-refractivity contribution >= 4 is 11.5 Å². The molecule has 3 rings (SSSR count). The van der Waals surface area contributed by atoms with E-state index in [-0.39, 0.29) is 5.78 Å².